The van der Waals surface area contributed by atoms with Crippen LogP contribution >= 0.6 is 15.6 Å². The maximum atomic E-state index is 13.1. The van der Waals surface area contributed by atoms with Crippen LogP contribution in [0, 0.1) is 17.8 Å². The van der Waals surface area contributed by atoms with Gasteiger partial charge in [-0.1, -0.05) is 344 Å². The molecule has 0 fully saturated rings. The molecule has 0 saturated heterocycles. The minimum atomic E-state index is -4.96. The second-order valence-corrected chi connectivity index (χ2v) is 31.8. The van der Waals surface area contributed by atoms with E-state index >= 15 is 0 Å². The van der Waals surface area contributed by atoms with Crippen LogP contribution in [0.15, 0.2) is 0 Å². The van der Waals surface area contributed by atoms with Gasteiger partial charge in [-0.3, -0.25) is 37.3 Å². The van der Waals surface area contributed by atoms with Gasteiger partial charge in [0.1, 0.15) is 19.3 Å². The molecule has 0 amide bonds. The fourth-order valence-corrected chi connectivity index (χ4v) is 13.3. The van der Waals surface area contributed by atoms with E-state index in [2.05, 4.69) is 48.5 Å². The molecule has 0 radical (unpaired) electrons. The number of unbranched alkanes of at least 4 members (excludes halogenated alkanes) is 42. The highest BCUT2D eigenvalue weighted by Crippen LogP contribution is 2.45. The predicted molar refractivity (Wildman–Crippen MR) is 391 cm³/mol. The van der Waals surface area contributed by atoms with E-state index in [4.69, 9.17) is 37.0 Å². The van der Waals surface area contributed by atoms with Gasteiger partial charge >= 0.3 is 39.5 Å². The summed E-state index contributed by atoms with van der Waals surface area (Å²) in [5.41, 5.74) is 0. The van der Waals surface area contributed by atoms with Crippen LogP contribution in [0.2, 0.25) is 0 Å². The second-order valence-electron chi connectivity index (χ2n) is 28.9. The molecule has 0 aromatic rings. The number of aliphatic hydroxyl groups excluding tert-OH is 1. The summed E-state index contributed by atoms with van der Waals surface area (Å²) in [5.74, 6) is 0.128. The van der Waals surface area contributed by atoms with Crippen LogP contribution in [0.25, 0.3) is 0 Å². The van der Waals surface area contributed by atoms with Crippen LogP contribution in [-0.2, 0) is 65.4 Å². The Morgan fingerprint density at radius 1 is 0.302 bits per heavy atom. The molecule has 570 valence electrons. The monoisotopic (exact) mass is 1410 g/mol. The van der Waals surface area contributed by atoms with Crippen molar-refractivity contribution in [3.8, 4) is 0 Å². The van der Waals surface area contributed by atoms with Crippen LogP contribution in [0.5, 0.6) is 0 Å². The van der Waals surface area contributed by atoms with Crippen LogP contribution in [0.1, 0.15) is 395 Å². The molecule has 0 aliphatic heterocycles. The van der Waals surface area contributed by atoms with Crippen LogP contribution in [-0.4, -0.2) is 96.7 Å². The van der Waals surface area contributed by atoms with Crippen molar-refractivity contribution in [2.24, 2.45) is 17.8 Å². The molecule has 0 rings (SSSR count). The van der Waals surface area contributed by atoms with Crippen molar-refractivity contribution in [3.63, 3.8) is 0 Å². The molecular weight excluding hydrogens is 1260 g/mol. The first-order valence-electron chi connectivity index (χ1n) is 39.9. The van der Waals surface area contributed by atoms with E-state index in [9.17, 15) is 43.2 Å². The molecule has 6 atom stereocenters. The molecule has 19 heteroatoms. The Balaban J connectivity index is 5.23. The zero-order chi connectivity index (χ0) is 70.9. The molecule has 3 unspecified atom stereocenters. The summed E-state index contributed by atoms with van der Waals surface area (Å²) in [5, 5.41) is 10.6. The van der Waals surface area contributed by atoms with Crippen molar-refractivity contribution < 1.29 is 80.2 Å². The summed E-state index contributed by atoms with van der Waals surface area (Å²) in [7, 11) is -9.91. The smallest absolute Gasteiger partial charge is 0.462 e. The van der Waals surface area contributed by atoms with Crippen molar-refractivity contribution in [2.45, 2.75) is 414 Å². The maximum Gasteiger partial charge on any atom is 0.472 e. The van der Waals surface area contributed by atoms with E-state index in [1.165, 1.54) is 199 Å². The van der Waals surface area contributed by atoms with Gasteiger partial charge in [0.15, 0.2) is 12.2 Å². The number of carbonyl (C=O) groups is 4. The Labute approximate surface area is 588 Å². The molecule has 0 aliphatic rings. The van der Waals surface area contributed by atoms with E-state index in [1.54, 1.807) is 0 Å². The summed E-state index contributed by atoms with van der Waals surface area (Å²) in [6.07, 6.45) is 54.3. The average Bonchev–Trinajstić information content (AvgIpc) is 1.13. The first-order chi connectivity index (χ1) is 46.3. The lowest BCUT2D eigenvalue weighted by Crippen LogP contribution is -2.30. The third-order valence-electron chi connectivity index (χ3n) is 18.2. The van der Waals surface area contributed by atoms with Crippen LogP contribution in [0.4, 0.5) is 0 Å². The lowest BCUT2D eigenvalue weighted by atomic mass is 9.99. The zero-order valence-electron chi connectivity index (χ0n) is 62.8. The fraction of sp³-hybridized carbons (Fsp3) is 0.948. The fourth-order valence-electron chi connectivity index (χ4n) is 11.7. The third-order valence-corrected chi connectivity index (χ3v) is 20.1. The number of rotatable bonds is 75. The van der Waals surface area contributed by atoms with E-state index < -0.39 is 97.5 Å². The highest BCUT2D eigenvalue weighted by molar-refractivity contribution is 7.47. The van der Waals surface area contributed by atoms with Gasteiger partial charge in [-0.15, -0.1) is 0 Å². The number of hydrogen-bond donors (Lipinski definition) is 3. The van der Waals surface area contributed by atoms with Gasteiger partial charge in [-0.25, -0.2) is 9.13 Å². The maximum absolute atomic E-state index is 13.1. The summed E-state index contributed by atoms with van der Waals surface area (Å²) >= 11 is 0. The zero-order valence-corrected chi connectivity index (χ0v) is 64.6. The van der Waals surface area contributed by atoms with E-state index in [-0.39, 0.29) is 25.7 Å². The summed E-state index contributed by atoms with van der Waals surface area (Å²) < 4.78 is 68.5. The van der Waals surface area contributed by atoms with Gasteiger partial charge in [0.2, 0.25) is 0 Å². The quantitative estimate of drug-likeness (QED) is 0.0222. The third kappa shape index (κ3) is 69.2. The average molecular weight is 1410 g/mol. The van der Waals surface area contributed by atoms with E-state index in [0.717, 1.165) is 108 Å². The van der Waals surface area contributed by atoms with Gasteiger partial charge in [0.05, 0.1) is 26.4 Å². The van der Waals surface area contributed by atoms with Gasteiger partial charge in [0.25, 0.3) is 0 Å². The van der Waals surface area contributed by atoms with Gasteiger partial charge < -0.3 is 33.8 Å². The van der Waals surface area contributed by atoms with Gasteiger partial charge in [0, 0.05) is 25.7 Å². The Hall–Kier alpha value is -1.94. The number of aliphatic hydroxyl groups is 1. The van der Waals surface area contributed by atoms with E-state index in [0.29, 0.717) is 31.6 Å². The minimum Gasteiger partial charge on any atom is -0.462 e. The summed E-state index contributed by atoms with van der Waals surface area (Å²) in [4.78, 5) is 72.8. The Morgan fingerprint density at radius 3 is 0.792 bits per heavy atom. The Morgan fingerprint density at radius 2 is 0.531 bits per heavy atom. The van der Waals surface area contributed by atoms with Crippen LogP contribution in [0.3, 0.4) is 0 Å². The SMILES string of the molecule is CCCCCCCCCCCCCCCCCCCCC(=O)O[C@H](COC(=O)CCCCCCCCCCCCCCCCC(C)C)COP(=O)(O)OC[C@@H](O)COP(=O)(O)OC[C@@H](COC(=O)CCCCCCCCC(C)C)OC(=O)CCCCCCCCCCC(C)CC. The number of carbonyl (C=O) groups excluding carboxylic acids is 4. The largest absolute Gasteiger partial charge is 0.472 e. The standard InChI is InChI=1S/C77H150O17P2/c1-8-10-11-12-13-14-15-16-17-18-19-20-25-28-31-37-46-53-60-76(81)93-72(64-87-74(79)58-51-44-36-30-27-24-22-21-23-26-29-34-41-48-55-68(3)4)66-91-95(83,84)89-62-71(78)63-90-96(85,86)92-67-73(65-88-75(80)59-52-45-40-39-42-49-56-69(5)6)94-77(82)61-54-47-38-33-32-35-43-50-57-70(7)9-2/h68-73,78H,8-67H2,1-7H3,(H,83,84)(H,85,86)/t70?,71-,72-,73-/m1/s1. The van der Waals surface area contributed by atoms with Crippen molar-refractivity contribution in [3.05, 3.63) is 0 Å². The molecule has 96 heavy (non-hydrogen) atoms. The first-order valence-corrected chi connectivity index (χ1v) is 42.9. The van der Waals surface area contributed by atoms with E-state index in [1.807, 2.05) is 0 Å². The number of hydrogen-bond acceptors (Lipinski definition) is 15. The van der Waals surface area contributed by atoms with Gasteiger partial charge in [-0.2, -0.15) is 0 Å². The molecule has 17 nitrogen and oxygen atoms in total. The molecule has 0 spiro atoms. The van der Waals surface area contributed by atoms with Crippen molar-refractivity contribution in [2.75, 3.05) is 39.6 Å². The second kappa shape index (κ2) is 67.5. The van der Waals surface area contributed by atoms with Crippen molar-refractivity contribution in [1.29, 1.82) is 0 Å². The summed E-state index contributed by atoms with van der Waals surface area (Å²) in [6.45, 7) is 11.8. The summed E-state index contributed by atoms with van der Waals surface area (Å²) in [6, 6.07) is 0. The molecule has 0 aromatic carbocycles. The first kappa shape index (κ1) is 94.1. The number of esters is 4. The molecule has 3 N–H and O–H groups in total. The Kier molecular flexibility index (Phi) is 66.2. The molecule has 0 aliphatic carbocycles. The van der Waals surface area contributed by atoms with Crippen molar-refractivity contribution >= 4 is 39.5 Å². The lowest BCUT2D eigenvalue weighted by molar-refractivity contribution is -0.161. The Bertz CT molecular complexity index is 1870. The number of ether oxygens (including phenoxy) is 4. The molecule has 0 aromatic heterocycles. The molecule has 0 saturated carbocycles. The molecule has 0 heterocycles. The molecule has 0 bridgehead atoms. The normalized spacial score (nSPS) is 14.3. The topological polar surface area (TPSA) is 237 Å². The predicted octanol–water partition coefficient (Wildman–Crippen LogP) is 22.6. The number of phosphoric ester groups is 2. The minimum absolute atomic E-state index is 0.104. The molecular formula is C77H150O17P2. The van der Waals surface area contributed by atoms with Crippen molar-refractivity contribution in [1.82, 2.24) is 0 Å². The highest BCUT2D eigenvalue weighted by Gasteiger charge is 2.30. The van der Waals surface area contributed by atoms with Crippen LogP contribution < -0.4 is 0 Å². The lowest BCUT2D eigenvalue weighted by Gasteiger charge is -2.21. The number of phosphoric acid groups is 2. The van der Waals surface area contributed by atoms with Gasteiger partial charge in [-0.05, 0) is 43.4 Å². The highest BCUT2D eigenvalue weighted by atomic mass is 31.2.